The molecule has 1 aliphatic heterocycles. The van der Waals surface area contributed by atoms with Crippen molar-refractivity contribution >= 4 is 15.9 Å². The van der Waals surface area contributed by atoms with Crippen LogP contribution in [0.15, 0.2) is 41.3 Å². The van der Waals surface area contributed by atoms with Crippen LogP contribution in [0.3, 0.4) is 0 Å². The maximum atomic E-state index is 13.0. The van der Waals surface area contributed by atoms with Gasteiger partial charge in [0.15, 0.2) is 11.5 Å². The minimum atomic E-state index is -3.85. The molecule has 1 fully saturated rings. The van der Waals surface area contributed by atoms with E-state index in [4.69, 9.17) is 9.47 Å². The van der Waals surface area contributed by atoms with Gasteiger partial charge in [-0.25, -0.2) is 8.42 Å². The van der Waals surface area contributed by atoms with E-state index in [-0.39, 0.29) is 42.7 Å². The molecule has 1 heterocycles. The van der Waals surface area contributed by atoms with Crippen molar-refractivity contribution < 1.29 is 27.8 Å². The predicted molar refractivity (Wildman–Crippen MR) is 125 cm³/mol. The Balaban J connectivity index is 1.67. The zero-order valence-corrected chi connectivity index (χ0v) is 20.4. The zero-order chi connectivity index (χ0) is 24.2. The van der Waals surface area contributed by atoms with Crippen molar-refractivity contribution in [3.05, 3.63) is 47.5 Å². The zero-order valence-electron chi connectivity index (χ0n) is 19.6. The summed E-state index contributed by atoms with van der Waals surface area (Å²) in [5, 5.41) is 10.1. The summed E-state index contributed by atoms with van der Waals surface area (Å²) >= 11 is 0. The van der Waals surface area contributed by atoms with Crippen molar-refractivity contribution in [2.75, 3.05) is 39.9 Å². The normalized spacial score (nSPS) is 15.0. The van der Waals surface area contributed by atoms with E-state index >= 15 is 0 Å². The molecule has 0 saturated carbocycles. The molecule has 9 heteroatoms. The second-order valence-corrected chi connectivity index (χ2v) is 10.5. The number of carbonyl (C=O) groups excluding carboxylic acids is 1. The second-order valence-electron chi connectivity index (χ2n) is 8.56. The Kier molecular flexibility index (Phi) is 7.86. The Morgan fingerprint density at radius 3 is 2.39 bits per heavy atom. The quantitative estimate of drug-likeness (QED) is 0.628. The van der Waals surface area contributed by atoms with Crippen molar-refractivity contribution in [1.82, 2.24) is 9.21 Å². The number of ether oxygens (including phenoxy) is 2. The minimum absolute atomic E-state index is 0.111. The Hall–Kier alpha value is -2.78. The summed E-state index contributed by atoms with van der Waals surface area (Å²) in [7, 11) is -2.32. The number of phenols is 1. The molecule has 0 bridgehead atoms. The number of aromatic hydroxyl groups is 1. The molecule has 0 radical (unpaired) electrons. The highest BCUT2D eigenvalue weighted by Gasteiger charge is 2.32. The van der Waals surface area contributed by atoms with Crippen molar-refractivity contribution in [3.63, 3.8) is 0 Å². The van der Waals surface area contributed by atoms with E-state index < -0.39 is 10.0 Å². The van der Waals surface area contributed by atoms with Gasteiger partial charge in [-0.3, -0.25) is 4.79 Å². The average molecular weight is 477 g/mol. The molecule has 0 spiro atoms. The molecule has 1 aliphatic rings. The van der Waals surface area contributed by atoms with E-state index in [0.29, 0.717) is 29.6 Å². The number of rotatable bonds is 8. The van der Waals surface area contributed by atoms with Crippen LogP contribution in [-0.4, -0.2) is 68.5 Å². The van der Waals surface area contributed by atoms with Crippen molar-refractivity contribution in [2.45, 2.75) is 32.1 Å². The van der Waals surface area contributed by atoms with Gasteiger partial charge in [0.05, 0.1) is 13.7 Å². The molecule has 1 amide bonds. The number of amides is 1. The molecule has 0 aromatic heterocycles. The van der Waals surface area contributed by atoms with Crippen molar-refractivity contribution in [3.8, 4) is 17.2 Å². The largest absolute Gasteiger partial charge is 0.507 e. The third kappa shape index (κ3) is 5.78. The standard InChI is InChI=1S/C24H32N2O6S/c1-17(2)9-14-32-21-8-6-19(16-22(21)31-4)24(28)25-10-12-26(13-11-25)33(29,30)23-15-18(3)5-7-20(23)27/h5-8,15-17,27H,9-14H2,1-4H3. The van der Waals surface area contributed by atoms with Crippen LogP contribution in [0.25, 0.3) is 0 Å². The average Bonchev–Trinajstić information content (AvgIpc) is 2.80. The van der Waals surface area contributed by atoms with E-state index in [1.165, 1.54) is 23.5 Å². The van der Waals surface area contributed by atoms with E-state index in [9.17, 15) is 18.3 Å². The van der Waals surface area contributed by atoms with E-state index in [1.807, 2.05) is 0 Å². The summed E-state index contributed by atoms with van der Waals surface area (Å²) in [5.74, 6) is 1.12. The summed E-state index contributed by atoms with van der Waals surface area (Å²) in [5.41, 5.74) is 1.20. The molecule has 1 N–H and O–H groups in total. The van der Waals surface area contributed by atoms with Crippen molar-refractivity contribution in [2.24, 2.45) is 5.92 Å². The van der Waals surface area contributed by atoms with Crippen LogP contribution in [0, 0.1) is 12.8 Å². The molecular weight excluding hydrogens is 444 g/mol. The Morgan fingerprint density at radius 2 is 1.76 bits per heavy atom. The third-order valence-electron chi connectivity index (χ3n) is 5.62. The number of hydrogen-bond acceptors (Lipinski definition) is 6. The fraction of sp³-hybridized carbons (Fsp3) is 0.458. The van der Waals surface area contributed by atoms with Gasteiger partial charge in [0.25, 0.3) is 5.91 Å². The lowest BCUT2D eigenvalue weighted by atomic mass is 10.1. The van der Waals surface area contributed by atoms with Gasteiger partial charge in [-0.05, 0) is 55.2 Å². The van der Waals surface area contributed by atoms with Crippen LogP contribution in [0.4, 0.5) is 0 Å². The van der Waals surface area contributed by atoms with Crippen LogP contribution in [0.2, 0.25) is 0 Å². The number of hydrogen-bond donors (Lipinski definition) is 1. The first kappa shape index (κ1) is 24.9. The maximum Gasteiger partial charge on any atom is 0.254 e. The van der Waals surface area contributed by atoms with Gasteiger partial charge in [-0.2, -0.15) is 4.31 Å². The predicted octanol–water partition coefficient (Wildman–Crippen LogP) is 3.28. The Morgan fingerprint density at radius 1 is 1.06 bits per heavy atom. The van der Waals surface area contributed by atoms with Crippen LogP contribution in [-0.2, 0) is 10.0 Å². The fourth-order valence-corrected chi connectivity index (χ4v) is 5.19. The van der Waals surface area contributed by atoms with Crippen LogP contribution >= 0.6 is 0 Å². The van der Waals surface area contributed by atoms with Gasteiger partial charge >= 0.3 is 0 Å². The number of piperazine rings is 1. The first-order chi connectivity index (χ1) is 15.6. The number of carbonyl (C=O) groups is 1. The van der Waals surface area contributed by atoms with Gasteiger partial charge in [-0.15, -0.1) is 0 Å². The lowest BCUT2D eigenvalue weighted by molar-refractivity contribution is 0.0697. The maximum absolute atomic E-state index is 13.0. The molecule has 2 aromatic carbocycles. The number of benzene rings is 2. The number of phenolic OH excluding ortho intramolecular Hbond substituents is 1. The van der Waals surface area contributed by atoms with Crippen LogP contribution < -0.4 is 9.47 Å². The van der Waals surface area contributed by atoms with Gasteiger partial charge in [0.1, 0.15) is 10.6 Å². The Labute approximate surface area is 195 Å². The monoisotopic (exact) mass is 476 g/mol. The highest BCUT2D eigenvalue weighted by atomic mass is 32.2. The lowest BCUT2D eigenvalue weighted by Crippen LogP contribution is -2.50. The smallest absolute Gasteiger partial charge is 0.254 e. The lowest BCUT2D eigenvalue weighted by Gasteiger charge is -2.34. The Bertz CT molecular complexity index is 1090. The second kappa shape index (κ2) is 10.4. The summed E-state index contributed by atoms with van der Waals surface area (Å²) < 4.78 is 38.5. The SMILES string of the molecule is COc1cc(C(=O)N2CCN(S(=O)(=O)c3cc(C)ccc3O)CC2)ccc1OCCC(C)C. The molecule has 3 rings (SSSR count). The summed E-state index contributed by atoms with van der Waals surface area (Å²) in [6.07, 6.45) is 0.914. The highest BCUT2D eigenvalue weighted by Crippen LogP contribution is 2.30. The van der Waals surface area contributed by atoms with E-state index in [2.05, 4.69) is 13.8 Å². The number of sulfonamides is 1. The molecule has 0 aliphatic carbocycles. The summed E-state index contributed by atoms with van der Waals surface area (Å²) in [6.45, 7) is 7.37. The molecule has 0 unspecified atom stereocenters. The fourth-order valence-electron chi connectivity index (χ4n) is 3.61. The topological polar surface area (TPSA) is 96.4 Å². The molecule has 8 nitrogen and oxygen atoms in total. The first-order valence-electron chi connectivity index (χ1n) is 11.0. The minimum Gasteiger partial charge on any atom is -0.507 e. The highest BCUT2D eigenvalue weighted by molar-refractivity contribution is 7.89. The van der Waals surface area contributed by atoms with Crippen LogP contribution in [0.1, 0.15) is 36.2 Å². The van der Waals surface area contributed by atoms with Gasteiger partial charge in [-0.1, -0.05) is 19.9 Å². The molecule has 180 valence electrons. The first-order valence-corrected chi connectivity index (χ1v) is 12.5. The van der Waals surface area contributed by atoms with E-state index in [0.717, 1.165) is 12.0 Å². The molecule has 1 saturated heterocycles. The molecule has 33 heavy (non-hydrogen) atoms. The molecule has 2 aromatic rings. The molecular formula is C24H32N2O6S. The number of nitrogens with zero attached hydrogens (tertiary/aromatic N) is 2. The van der Waals surface area contributed by atoms with E-state index in [1.54, 1.807) is 36.1 Å². The van der Waals surface area contributed by atoms with Crippen molar-refractivity contribution in [1.29, 1.82) is 0 Å². The number of aryl methyl sites for hydroxylation is 1. The van der Waals surface area contributed by atoms with Gasteiger partial charge in [0.2, 0.25) is 10.0 Å². The summed E-state index contributed by atoms with van der Waals surface area (Å²) in [4.78, 5) is 14.5. The number of methoxy groups -OCH3 is 1. The van der Waals surface area contributed by atoms with Gasteiger partial charge < -0.3 is 19.5 Å². The summed E-state index contributed by atoms with van der Waals surface area (Å²) in [6, 6.07) is 9.57. The van der Waals surface area contributed by atoms with Crippen LogP contribution in [0.5, 0.6) is 17.2 Å². The third-order valence-corrected chi connectivity index (χ3v) is 7.55. The van der Waals surface area contributed by atoms with Gasteiger partial charge in [0, 0.05) is 31.7 Å². The molecule has 0 atom stereocenters.